The third kappa shape index (κ3) is 5.34. The summed E-state index contributed by atoms with van der Waals surface area (Å²) in [7, 11) is 0. The number of carbonyl (C=O) groups excluding carboxylic acids is 2. The van der Waals surface area contributed by atoms with Crippen LogP contribution < -0.4 is 16.8 Å². The van der Waals surface area contributed by atoms with Gasteiger partial charge in [0, 0.05) is 5.92 Å². The number of hydrogen-bond acceptors (Lipinski definition) is 4. The number of carboxylic acids is 1. The second-order valence-corrected chi connectivity index (χ2v) is 7.45. The molecule has 0 aromatic heterocycles. The maximum atomic E-state index is 12.0. The first-order chi connectivity index (χ1) is 9.19. The highest BCUT2D eigenvalue weighted by Crippen LogP contribution is 2.43. The van der Waals surface area contributed by atoms with E-state index in [-0.39, 0.29) is 0 Å². The van der Waals surface area contributed by atoms with Gasteiger partial charge in [-0.15, -0.1) is 0 Å². The second-order valence-electron chi connectivity index (χ2n) is 7.45. The smallest absolute Gasteiger partial charge is 0.318 e. The van der Waals surface area contributed by atoms with Gasteiger partial charge in [-0.3, -0.25) is 14.9 Å². The van der Waals surface area contributed by atoms with Gasteiger partial charge in [0.05, 0.1) is 12.0 Å². The largest absolute Gasteiger partial charge is 0.481 e. The number of aliphatic carboxylic acids is 1. The number of nitrogens with one attached hydrogen (secondary N) is 1. The number of urea groups is 1. The number of nitrogens with two attached hydrogens (primary N) is 2. The fraction of sp³-hybridized carbons (Fsp3) is 0.786. The summed E-state index contributed by atoms with van der Waals surface area (Å²) in [5.74, 6) is -3.32. The maximum Gasteiger partial charge on any atom is 0.318 e. The Kier molecular flexibility index (Phi) is 5.93. The molecule has 0 spiro atoms. The van der Waals surface area contributed by atoms with Gasteiger partial charge >= 0.3 is 12.0 Å². The number of primary amides is 1. The maximum absolute atomic E-state index is 12.0. The zero-order chi connectivity index (χ0) is 17.2. The Balaban J connectivity index is 5.73. The average Bonchev–Trinajstić information content (AvgIpc) is 2.19. The van der Waals surface area contributed by atoms with Gasteiger partial charge in [0.15, 0.2) is 0 Å². The van der Waals surface area contributed by atoms with Crippen LogP contribution in [0.1, 0.15) is 41.5 Å². The van der Waals surface area contributed by atoms with Crippen molar-refractivity contribution < 1.29 is 19.5 Å². The molecule has 0 bridgehead atoms. The average molecular weight is 301 g/mol. The molecule has 0 radical (unpaired) electrons. The van der Waals surface area contributed by atoms with E-state index >= 15 is 0 Å². The molecule has 3 atom stereocenters. The summed E-state index contributed by atoms with van der Waals surface area (Å²) in [6.45, 7) is 10.8. The standard InChI is InChI=1S/C14H27N3O4/c1-13(2,3)7(8(11(19)20)14(4,5)6)9(15)10(18)17-12(16)21/h7-9H,15H2,1-6H3,(H,19,20)(H3,16,17,18,21). The third-order valence-electron chi connectivity index (χ3n) is 3.49. The Labute approximate surface area is 125 Å². The van der Waals surface area contributed by atoms with E-state index in [0.717, 1.165) is 0 Å². The molecule has 0 heterocycles. The molecular weight excluding hydrogens is 274 g/mol. The molecule has 0 aliphatic rings. The summed E-state index contributed by atoms with van der Waals surface area (Å²) < 4.78 is 0. The first-order valence-corrected chi connectivity index (χ1v) is 6.78. The van der Waals surface area contributed by atoms with Crippen LogP contribution in [0.15, 0.2) is 0 Å². The minimum atomic E-state index is -1.15. The van der Waals surface area contributed by atoms with E-state index in [1.54, 1.807) is 20.8 Å². The molecule has 0 aromatic rings. The van der Waals surface area contributed by atoms with Crippen molar-refractivity contribution in [2.24, 2.45) is 34.1 Å². The molecule has 3 amide bonds. The summed E-state index contributed by atoms with van der Waals surface area (Å²) in [4.78, 5) is 34.5. The van der Waals surface area contributed by atoms with E-state index < -0.39 is 46.6 Å². The van der Waals surface area contributed by atoms with E-state index in [1.807, 2.05) is 26.1 Å². The first-order valence-electron chi connectivity index (χ1n) is 6.78. The van der Waals surface area contributed by atoms with Gasteiger partial charge in [-0.05, 0) is 10.8 Å². The molecule has 0 aliphatic heterocycles. The Bertz CT molecular complexity index is 421. The molecule has 21 heavy (non-hydrogen) atoms. The normalized spacial score (nSPS) is 16.7. The van der Waals surface area contributed by atoms with Crippen molar-refractivity contribution in [2.75, 3.05) is 0 Å². The Morgan fingerprint density at radius 2 is 1.43 bits per heavy atom. The lowest BCUT2D eigenvalue weighted by atomic mass is 9.61. The summed E-state index contributed by atoms with van der Waals surface area (Å²) in [5, 5.41) is 11.5. The minimum Gasteiger partial charge on any atom is -0.481 e. The minimum absolute atomic E-state index is 0.551. The van der Waals surface area contributed by atoms with Crippen LogP contribution in [-0.2, 0) is 9.59 Å². The summed E-state index contributed by atoms with van der Waals surface area (Å²) >= 11 is 0. The van der Waals surface area contributed by atoms with Gasteiger partial charge in [0.2, 0.25) is 5.91 Å². The van der Waals surface area contributed by atoms with Gasteiger partial charge in [-0.1, -0.05) is 41.5 Å². The van der Waals surface area contributed by atoms with Crippen molar-refractivity contribution in [3.8, 4) is 0 Å². The number of amides is 3. The molecule has 0 saturated heterocycles. The summed E-state index contributed by atoms with van der Waals surface area (Å²) in [6, 6.07) is -2.16. The molecule has 0 aromatic carbocycles. The number of carbonyl (C=O) groups is 3. The molecule has 0 saturated carbocycles. The van der Waals surface area contributed by atoms with Crippen LogP contribution in [0.25, 0.3) is 0 Å². The second kappa shape index (κ2) is 6.43. The van der Waals surface area contributed by atoms with Crippen LogP contribution in [0, 0.1) is 22.7 Å². The first kappa shape index (κ1) is 19.4. The zero-order valence-electron chi connectivity index (χ0n) is 13.6. The van der Waals surface area contributed by atoms with E-state index in [0.29, 0.717) is 0 Å². The van der Waals surface area contributed by atoms with Gasteiger partial charge in [-0.25, -0.2) is 4.79 Å². The van der Waals surface area contributed by atoms with Crippen molar-refractivity contribution in [1.29, 1.82) is 0 Å². The summed E-state index contributed by atoms with van der Waals surface area (Å²) in [6.07, 6.45) is 0. The van der Waals surface area contributed by atoms with Crippen molar-refractivity contribution >= 4 is 17.9 Å². The fourth-order valence-corrected chi connectivity index (χ4v) is 2.68. The third-order valence-corrected chi connectivity index (χ3v) is 3.49. The highest BCUT2D eigenvalue weighted by Gasteiger charge is 2.48. The lowest BCUT2D eigenvalue weighted by Crippen LogP contribution is -2.57. The van der Waals surface area contributed by atoms with Gasteiger partial charge in [0.1, 0.15) is 0 Å². The lowest BCUT2D eigenvalue weighted by Gasteiger charge is -2.43. The van der Waals surface area contributed by atoms with E-state index in [2.05, 4.69) is 0 Å². The SMILES string of the molecule is CC(C)(C)C(C(=O)O)C(C(N)C(=O)NC(N)=O)C(C)(C)C. The molecule has 0 rings (SSSR count). The van der Waals surface area contributed by atoms with Crippen LogP contribution >= 0.6 is 0 Å². The van der Waals surface area contributed by atoms with Gasteiger partial charge in [-0.2, -0.15) is 0 Å². The van der Waals surface area contributed by atoms with Gasteiger partial charge in [0.25, 0.3) is 0 Å². The Morgan fingerprint density at radius 3 is 1.67 bits per heavy atom. The Morgan fingerprint density at radius 1 is 1.00 bits per heavy atom. The predicted octanol–water partition coefficient (Wildman–Crippen LogP) is 0.918. The number of imide groups is 1. The molecule has 6 N–H and O–H groups in total. The van der Waals surface area contributed by atoms with Crippen molar-refractivity contribution in [2.45, 2.75) is 47.6 Å². The van der Waals surface area contributed by atoms with Crippen LogP contribution in [0.2, 0.25) is 0 Å². The molecule has 0 fully saturated rings. The Hall–Kier alpha value is -1.63. The molecular formula is C14H27N3O4. The fourth-order valence-electron chi connectivity index (χ4n) is 2.68. The molecule has 122 valence electrons. The van der Waals surface area contributed by atoms with Crippen molar-refractivity contribution in [1.82, 2.24) is 5.32 Å². The van der Waals surface area contributed by atoms with Crippen LogP contribution in [0.3, 0.4) is 0 Å². The lowest BCUT2D eigenvalue weighted by molar-refractivity contribution is -0.152. The van der Waals surface area contributed by atoms with Gasteiger partial charge < -0.3 is 16.6 Å². The van der Waals surface area contributed by atoms with Crippen LogP contribution in [0.4, 0.5) is 4.79 Å². The van der Waals surface area contributed by atoms with Crippen LogP contribution in [-0.4, -0.2) is 29.1 Å². The zero-order valence-corrected chi connectivity index (χ0v) is 13.6. The van der Waals surface area contributed by atoms with Crippen molar-refractivity contribution in [3.63, 3.8) is 0 Å². The topological polar surface area (TPSA) is 136 Å². The number of carboxylic acid groups (broad SMARTS) is 1. The van der Waals surface area contributed by atoms with Crippen LogP contribution in [0.5, 0.6) is 0 Å². The molecule has 0 aliphatic carbocycles. The number of hydrogen-bond donors (Lipinski definition) is 4. The molecule has 7 heteroatoms. The predicted molar refractivity (Wildman–Crippen MR) is 79.2 cm³/mol. The highest BCUT2D eigenvalue weighted by molar-refractivity contribution is 5.96. The molecule has 3 unspecified atom stereocenters. The monoisotopic (exact) mass is 301 g/mol. The quantitative estimate of drug-likeness (QED) is 0.612. The van der Waals surface area contributed by atoms with E-state index in [4.69, 9.17) is 11.5 Å². The highest BCUT2D eigenvalue weighted by atomic mass is 16.4. The van der Waals surface area contributed by atoms with Crippen molar-refractivity contribution in [3.05, 3.63) is 0 Å². The van der Waals surface area contributed by atoms with E-state index in [1.165, 1.54) is 0 Å². The number of rotatable bonds is 4. The van der Waals surface area contributed by atoms with E-state index in [9.17, 15) is 19.5 Å². The molecule has 7 nitrogen and oxygen atoms in total. The summed E-state index contributed by atoms with van der Waals surface area (Å²) in [5.41, 5.74) is 9.71.